The van der Waals surface area contributed by atoms with Crippen molar-refractivity contribution in [1.29, 1.82) is 0 Å². The van der Waals surface area contributed by atoms with Gasteiger partial charge in [0.25, 0.3) is 0 Å². The molecule has 0 saturated carbocycles. The molecule has 0 aromatic heterocycles. The van der Waals surface area contributed by atoms with Crippen LogP contribution in [0, 0.1) is 4.91 Å². The number of hydrogen-bond donors (Lipinski definition) is 0. The van der Waals surface area contributed by atoms with E-state index in [1.165, 1.54) is 0 Å². The van der Waals surface area contributed by atoms with Gasteiger partial charge in [0, 0.05) is 5.18 Å². The normalized spacial score (nSPS) is 9.08. The zero-order valence-electron chi connectivity index (χ0n) is 6.91. The van der Waals surface area contributed by atoms with Crippen LogP contribution in [0.3, 0.4) is 0 Å². The van der Waals surface area contributed by atoms with Gasteiger partial charge in [-0.3, -0.25) is 4.79 Å². The quantitative estimate of drug-likeness (QED) is 0.275. The molecule has 5 heteroatoms. The zero-order valence-corrected chi connectivity index (χ0v) is 6.91. The highest BCUT2D eigenvalue weighted by molar-refractivity contribution is 6.32. The molecule has 0 saturated heterocycles. The number of nitrogens with zero attached hydrogens (tertiary/aromatic N) is 1. The molecule has 0 rings (SSSR count). The molecular weight excluding hydrogens is 162 g/mol. The fraction of sp³-hybridized carbons (Fsp3) is 0.714. The van der Waals surface area contributed by atoms with E-state index in [1.54, 1.807) is 0 Å². The maximum Gasteiger partial charge on any atom is 0.402 e. The summed E-state index contributed by atoms with van der Waals surface area (Å²) >= 11 is 0. The number of esters is 1. The van der Waals surface area contributed by atoms with Gasteiger partial charge in [-0.2, -0.15) is 0 Å². The van der Waals surface area contributed by atoms with Crippen molar-refractivity contribution in [2.45, 2.75) is 26.2 Å². The maximum absolute atomic E-state index is 10.5. The molecule has 0 N–H and O–H groups in total. The Kier molecular flexibility index (Phi) is 5.77. The third-order valence-corrected chi connectivity index (χ3v) is 1.24. The molecule has 1 amide bonds. The molecule has 0 unspecified atom stereocenters. The molecule has 0 radical (unpaired) electrons. The molecule has 68 valence electrons. The number of hydrogen-bond acceptors (Lipinski definition) is 4. The van der Waals surface area contributed by atoms with Crippen molar-refractivity contribution in [3.8, 4) is 0 Å². The number of nitroso groups, excluding NO2 is 1. The second kappa shape index (κ2) is 6.45. The van der Waals surface area contributed by atoms with Gasteiger partial charge < -0.3 is 4.74 Å². The Hall–Kier alpha value is -1.26. The van der Waals surface area contributed by atoms with E-state index in [0.717, 1.165) is 12.8 Å². The minimum atomic E-state index is -1.37. The van der Waals surface area contributed by atoms with Crippen LogP contribution in [0.25, 0.3) is 0 Å². The number of ether oxygens (including phenoxy) is 1. The third-order valence-electron chi connectivity index (χ3n) is 1.24. The Bertz CT molecular complexity index is 178. The van der Waals surface area contributed by atoms with E-state index >= 15 is 0 Å². The monoisotopic (exact) mass is 173 g/mol. The predicted molar refractivity (Wildman–Crippen MR) is 41.3 cm³/mol. The van der Waals surface area contributed by atoms with E-state index in [4.69, 9.17) is 0 Å². The summed E-state index contributed by atoms with van der Waals surface area (Å²) in [6, 6.07) is 0. The van der Waals surface area contributed by atoms with E-state index in [1.807, 2.05) is 12.1 Å². The van der Waals surface area contributed by atoms with Crippen molar-refractivity contribution in [1.82, 2.24) is 0 Å². The molecule has 0 spiro atoms. The first kappa shape index (κ1) is 10.7. The number of carbonyl (C=O) groups excluding carboxylic acids is 2. The van der Waals surface area contributed by atoms with Gasteiger partial charge in [-0.05, 0) is 6.42 Å². The SMILES string of the molecule is CCCCCOC(=O)C(=O)N=O. The fourth-order valence-electron chi connectivity index (χ4n) is 0.616. The lowest BCUT2D eigenvalue weighted by Gasteiger charge is -1.98. The van der Waals surface area contributed by atoms with Gasteiger partial charge in [0.2, 0.25) is 0 Å². The van der Waals surface area contributed by atoms with Gasteiger partial charge in [-0.15, -0.1) is 4.91 Å². The molecule has 0 aliphatic rings. The van der Waals surface area contributed by atoms with Crippen LogP contribution >= 0.6 is 0 Å². The standard InChI is InChI=1S/C7H11NO4/c1-2-3-4-5-12-7(10)6(9)8-11/h2-5H2,1H3. The lowest BCUT2D eigenvalue weighted by molar-refractivity contribution is -0.153. The summed E-state index contributed by atoms with van der Waals surface area (Å²) in [5.41, 5.74) is 0. The third kappa shape index (κ3) is 4.54. The smallest absolute Gasteiger partial charge is 0.402 e. The first-order chi connectivity index (χ1) is 5.72. The highest BCUT2D eigenvalue weighted by Crippen LogP contribution is 1.94. The average molecular weight is 173 g/mol. The average Bonchev–Trinajstić information content (AvgIpc) is 2.10. The second-order valence-electron chi connectivity index (χ2n) is 2.24. The second-order valence-corrected chi connectivity index (χ2v) is 2.24. The Balaban J connectivity index is 3.44. The molecule has 12 heavy (non-hydrogen) atoms. The van der Waals surface area contributed by atoms with Crippen molar-refractivity contribution in [2.75, 3.05) is 6.61 Å². The lowest BCUT2D eigenvalue weighted by Crippen LogP contribution is -2.15. The molecule has 0 fully saturated rings. The van der Waals surface area contributed by atoms with Gasteiger partial charge >= 0.3 is 11.9 Å². The van der Waals surface area contributed by atoms with Gasteiger partial charge in [-0.1, -0.05) is 19.8 Å². The molecule has 0 bridgehead atoms. The summed E-state index contributed by atoms with van der Waals surface area (Å²) in [5.74, 6) is -2.53. The number of amides is 1. The van der Waals surface area contributed by atoms with Gasteiger partial charge in [0.05, 0.1) is 6.61 Å². The number of rotatable bonds is 4. The van der Waals surface area contributed by atoms with E-state index in [2.05, 4.69) is 4.74 Å². The Morgan fingerprint density at radius 1 is 1.33 bits per heavy atom. The topological polar surface area (TPSA) is 72.8 Å². The Labute approximate surface area is 70.1 Å². The first-order valence-corrected chi connectivity index (χ1v) is 3.76. The lowest BCUT2D eigenvalue weighted by atomic mass is 10.3. The van der Waals surface area contributed by atoms with Crippen LogP contribution in [-0.4, -0.2) is 18.5 Å². The highest BCUT2D eigenvalue weighted by Gasteiger charge is 2.14. The summed E-state index contributed by atoms with van der Waals surface area (Å²) in [6.07, 6.45) is 2.63. The molecule has 0 aromatic carbocycles. The number of unbranched alkanes of at least 4 members (excludes halogenated alkanes) is 2. The molecule has 5 nitrogen and oxygen atoms in total. The van der Waals surface area contributed by atoms with Crippen LogP contribution in [0.1, 0.15) is 26.2 Å². The van der Waals surface area contributed by atoms with Crippen molar-refractivity contribution < 1.29 is 14.3 Å². The van der Waals surface area contributed by atoms with Gasteiger partial charge in [0.15, 0.2) is 0 Å². The summed E-state index contributed by atoms with van der Waals surface area (Å²) < 4.78 is 4.41. The van der Waals surface area contributed by atoms with E-state index in [-0.39, 0.29) is 6.61 Å². The van der Waals surface area contributed by atoms with Crippen molar-refractivity contribution in [3.05, 3.63) is 4.91 Å². The fourth-order valence-corrected chi connectivity index (χ4v) is 0.616. The van der Waals surface area contributed by atoms with Crippen LogP contribution in [0.2, 0.25) is 0 Å². The Morgan fingerprint density at radius 2 is 2.00 bits per heavy atom. The van der Waals surface area contributed by atoms with E-state index in [9.17, 15) is 14.5 Å². The predicted octanol–water partition coefficient (Wildman–Crippen LogP) is 1.01. The molecule has 0 atom stereocenters. The summed E-state index contributed by atoms with van der Waals surface area (Å²) in [4.78, 5) is 30.2. The van der Waals surface area contributed by atoms with Crippen LogP contribution in [-0.2, 0) is 14.3 Å². The van der Waals surface area contributed by atoms with Crippen molar-refractivity contribution >= 4 is 11.9 Å². The van der Waals surface area contributed by atoms with Gasteiger partial charge in [-0.25, -0.2) is 4.79 Å². The van der Waals surface area contributed by atoms with Crippen LogP contribution in [0.5, 0.6) is 0 Å². The summed E-state index contributed by atoms with van der Waals surface area (Å²) in [6.45, 7) is 2.17. The van der Waals surface area contributed by atoms with Crippen LogP contribution < -0.4 is 0 Å². The largest absolute Gasteiger partial charge is 0.458 e. The van der Waals surface area contributed by atoms with E-state index in [0.29, 0.717) is 6.42 Å². The Morgan fingerprint density at radius 3 is 2.50 bits per heavy atom. The first-order valence-electron chi connectivity index (χ1n) is 3.76. The minimum Gasteiger partial charge on any atom is -0.458 e. The highest BCUT2D eigenvalue weighted by atomic mass is 16.5. The van der Waals surface area contributed by atoms with Crippen molar-refractivity contribution in [2.24, 2.45) is 5.18 Å². The molecule has 0 aromatic rings. The summed E-state index contributed by atoms with van der Waals surface area (Å²) in [7, 11) is 0. The summed E-state index contributed by atoms with van der Waals surface area (Å²) in [5, 5.41) is 1.92. The van der Waals surface area contributed by atoms with Crippen molar-refractivity contribution in [3.63, 3.8) is 0 Å². The molecular formula is C7H11NO4. The zero-order chi connectivity index (χ0) is 9.40. The molecule has 0 heterocycles. The van der Waals surface area contributed by atoms with Crippen LogP contribution in [0.4, 0.5) is 0 Å². The molecule has 0 aliphatic heterocycles. The maximum atomic E-state index is 10.5. The van der Waals surface area contributed by atoms with E-state index < -0.39 is 11.9 Å². The van der Waals surface area contributed by atoms with Gasteiger partial charge in [0.1, 0.15) is 0 Å². The van der Waals surface area contributed by atoms with Crippen LogP contribution in [0.15, 0.2) is 5.18 Å². The minimum absolute atomic E-state index is 0.175. The molecule has 0 aliphatic carbocycles. The number of carbonyl (C=O) groups is 2.